The lowest BCUT2D eigenvalue weighted by atomic mass is 9.62. The van der Waals surface area contributed by atoms with Gasteiger partial charge in [0.2, 0.25) is 17.6 Å². The molecule has 0 bridgehead atoms. The van der Waals surface area contributed by atoms with Gasteiger partial charge in [-0.1, -0.05) is 50.2 Å². The Morgan fingerprint density at radius 1 is 1.19 bits per heavy atom. The van der Waals surface area contributed by atoms with Crippen molar-refractivity contribution in [1.82, 2.24) is 24.9 Å². The molecule has 0 radical (unpaired) electrons. The van der Waals surface area contributed by atoms with E-state index in [1.54, 1.807) is 19.3 Å². The quantitative estimate of drug-likeness (QED) is 0.539. The van der Waals surface area contributed by atoms with E-state index in [1.807, 2.05) is 23.1 Å². The van der Waals surface area contributed by atoms with Gasteiger partial charge < -0.3 is 19.4 Å². The summed E-state index contributed by atoms with van der Waals surface area (Å²) in [7, 11) is 2.07. The van der Waals surface area contributed by atoms with Crippen molar-refractivity contribution < 1.29 is 14.4 Å². The lowest BCUT2D eigenvalue weighted by molar-refractivity contribution is -0.130. The minimum atomic E-state index is -1.24. The lowest BCUT2D eigenvalue weighted by Crippen LogP contribution is -2.63. The Balaban J connectivity index is 1.49. The Bertz CT molecular complexity index is 1260. The predicted octanol–water partition coefficient (Wildman–Crippen LogP) is 4.17. The number of hydrogen-bond donors (Lipinski definition) is 1. The van der Waals surface area contributed by atoms with Crippen LogP contribution in [0.2, 0.25) is 0 Å². The van der Waals surface area contributed by atoms with Crippen LogP contribution in [0.25, 0.3) is 11.4 Å². The standard InChI is InChI=1S/C29H37N5O3/c1-19(2)21-8-10-24(11-9-21)29(36,28(4)17-33(5)18-28)25-13-23(14-30-15-25)26-31-27(37-32-26)22-7-6-12-34(16-22)20(3)35/h8-11,13-15,19,22,36H,6-7,12,16-18H2,1-5H3/t22-,29+/m1/s1. The van der Waals surface area contributed by atoms with Crippen molar-refractivity contribution in [2.45, 2.75) is 58.0 Å². The average Bonchev–Trinajstić information content (AvgIpc) is 3.38. The van der Waals surface area contributed by atoms with E-state index in [0.29, 0.717) is 35.3 Å². The smallest absolute Gasteiger partial charge is 0.231 e. The van der Waals surface area contributed by atoms with E-state index in [0.717, 1.165) is 38.0 Å². The zero-order valence-corrected chi connectivity index (χ0v) is 22.4. The zero-order chi connectivity index (χ0) is 26.4. The van der Waals surface area contributed by atoms with Gasteiger partial charge in [-0.3, -0.25) is 9.78 Å². The summed E-state index contributed by atoms with van der Waals surface area (Å²) < 4.78 is 5.65. The molecule has 37 heavy (non-hydrogen) atoms. The third-order valence-corrected chi connectivity index (χ3v) is 8.18. The van der Waals surface area contributed by atoms with E-state index >= 15 is 0 Å². The first-order chi connectivity index (χ1) is 17.6. The number of hydrogen-bond acceptors (Lipinski definition) is 7. The van der Waals surface area contributed by atoms with Gasteiger partial charge in [0.25, 0.3) is 0 Å². The average molecular weight is 504 g/mol. The van der Waals surface area contributed by atoms with Gasteiger partial charge in [0.05, 0.1) is 5.92 Å². The molecule has 5 rings (SSSR count). The number of rotatable bonds is 6. The van der Waals surface area contributed by atoms with E-state index in [-0.39, 0.29) is 17.2 Å². The van der Waals surface area contributed by atoms with Gasteiger partial charge in [-0.05, 0) is 43.0 Å². The molecule has 0 saturated carbocycles. The topological polar surface area (TPSA) is 95.6 Å². The maximum Gasteiger partial charge on any atom is 0.231 e. The molecule has 0 unspecified atom stereocenters. The first-order valence-electron chi connectivity index (χ1n) is 13.2. The van der Waals surface area contributed by atoms with Crippen LogP contribution in [0, 0.1) is 5.41 Å². The molecular weight excluding hydrogens is 466 g/mol. The van der Waals surface area contributed by atoms with Crippen molar-refractivity contribution in [3.63, 3.8) is 0 Å². The monoisotopic (exact) mass is 503 g/mol. The maximum atomic E-state index is 12.5. The molecule has 196 valence electrons. The predicted molar refractivity (Wildman–Crippen MR) is 141 cm³/mol. The second-order valence-electron chi connectivity index (χ2n) is 11.4. The van der Waals surface area contributed by atoms with Gasteiger partial charge >= 0.3 is 0 Å². The highest BCUT2D eigenvalue weighted by Crippen LogP contribution is 2.50. The number of piperidine rings is 1. The van der Waals surface area contributed by atoms with Gasteiger partial charge in [0.15, 0.2) is 0 Å². The molecule has 3 aromatic rings. The summed E-state index contributed by atoms with van der Waals surface area (Å²) in [6, 6.07) is 10.2. The van der Waals surface area contributed by atoms with E-state index in [2.05, 4.69) is 60.0 Å². The number of amides is 1. The number of pyridine rings is 1. The molecule has 2 fully saturated rings. The van der Waals surface area contributed by atoms with E-state index in [4.69, 9.17) is 4.52 Å². The second-order valence-corrected chi connectivity index (χ2v) is 11.4. The first kappa shape index (κ1) is 25.5. The molecule has 2 aromatic heterocycles. The molecule has 2 aliphatic heterocycles. The van der Waals surface area contributed by atoms with Crippen LogP contribution in [0.5, 0.6) is 0 Å². The molecule has 8 nitrogen and oxygen atoms in total. The van der Waals surface area contributed by atoms with Crippen molar-refractivity contribution in [3.05, 3.63) is 65.3 Å². The highest BCUT2D eigenvalue weighted by Gasteiger charge is 2.55. The number of carbonyl (C=O) groups excluding carboxylic acids is 1. The van der Waals surface area contributed by atoms with Crippen molar-refractivity contribution in [2.24, 2.45) is 5.41 Å². The molecule has 4 heterocycles. The molecule has 2 aliphatic rings. The summed E-state index contributed by atoms with van der Waals surface area (Å²) in [5.74, 6) is 1.49. The van der Waals surface area contributed by atoms with Crippen LogP contribution in [0.1, 0.15) is 75.0 Å². The highest BCUT2D eigenvalue weighted by molar-refractivity contribution is 5.73. The number of carbonyl (C=O) groups is 1. The van der Waals surface area contributed by atoms with Crippen LogP contribution in [-0.4, -0.2) is 69.2 Å². The lowest BCUT2D eigenvalue weighted by Gasteiger charge is -2.55. The Kier molecular flexibility index (Phi) is 6.66. The van der Waals surface area contributed by atoms with Crippen LogP contribution in [0.3, 0.4) is 0 Å². The van der Waals surface area contributed by atoms with Crippen molar-refractivity contribution in [2.75, 3.05) is 33.2 Å². The summed E-state index contributed by atoms with van der Waals surface area (Å²) in [6.45, 7) is 10.9. The molecular formula is C29H37N5O3. The normalized spacial score (nSPS) is 21.5. The summed E-state index contributed by atoms with van der Waals surface area (Å²) in [5, 5.41) is 16.7. The van der Waals surface area contributed by atoms with Crippen LogP contribution < -0.4 is 0 Å². The Morgan fingerprint density at radius 3 is 2.57 bits per heavy atom. The Morgan fingerprint density at radius 2 is 1.92 bits per heavy atom. The number of aliphatic hydroxyl groups is 1. The molecule has 1 amide bonds. The summed E-state index contributed by atoms with van der Waals surface area (Å²) in [4.78, 5) is 25.1. The van der Waals surface area contributed by atoms with Gasteiger partial charge in [-0.15, -0.1) is 0 Å². The van der Waals surface area contributed by atoms with Crippen molar-refractivity contribution in [3.8, 4) is 11.4 Å². The van der Waals surface area contributed by atoms with Crippen LogP contribution in [0.4, 0.5) is 0 Å². The fraction of sp³-hybridized carbons (Fsp3) is 0.517. The van der Waals surface area contributed by atoms with E-state index in [9.17, 15) is 9.90 Å². The van der Waals surface area contributed by atoms with Gasteiger partial charge in [0, 0.05) is 62.0 Å². The molecule has 0 spiro atoms. The van der Waals surface area contributed by atoms with Gasteiger partial charge in [-0.2, -0.15) is 4.98 Å². The van der Waals surface area contributed by atoms with Gasteiger partial charge in [-0.25, -0.2) is 0 Å². The van der Waals surface area contributed by atoms with Crippen LogP contribution >= 0.6 is 0 Å². The number of nitrogens with zero attached hydrogens (tertiary/aromatic N) is 5. The van der Waals surface area contributed by atoms with E-state index in [1.165, 1.54) is 5.56 Å². The Hall–Kier alpha value is -3.10. The van der Waals surface area contributed by atoms with Crippen molar-refractivity contribution >= 4 is 5.91 Å². The number of benzene rings is 1. The number of aromatic nitrogens is 3. The molecule has 1 N–H and O–H groups in total. The van der Waals surface area contributed by atoms with E-state index < -0.39 is 5.60 Å². The first-order valence-corrected chi connectivity index (χ1v) is 13.2. The minimum Gasteiger partial charge on any atom is -0.380 e. The highest BCUT2D eigenvalue weighted by atomic mass is 16.5. The molecule has 1 aromatic carbocycles. The van der Waals surface area contributed by atoms with Crippen LogP contribution in [0.15, 0.2) is 47.2 Å². The largest absolute Gasteiger partial charge is 0.380 e. The maximum absolute atomic E-state index is 12.5. The molecule has 2 saturated heterocycles. The molecule has 8 heteroatoms. The zero-order valence-electron chi connectivity index (χ0n) is 22.4. The van der Waals surface area contributed by atoms with Crippen LogP contribution in [-0.2, 0) is 10.4 Å². The van der Waals surface area contributed by atoms with Gasteiger partial charge in [0.1, 0.15) is 5.60 Å². The second kappa shape index (κ2) is 9.65. The third-order valence-electron chi connectivity index (χ3n) is 8.18. The fourth-order valence-electron chi connectivity index (χ4n) is 6.09. The molecule has 2 atom stereocenters. The fourth-order valence-corrected chi connectivity index (χ4v) is 6.09. The Labute approximate surface area is 218 Å². The summed E-state index contributed by atoms with van der Waals surface area (Å²) in [6.07, 6.45) is 5.27. The summed E-state index contributed by atoms with van der Waals surface area (Å²) in [5.41, 5.74) is 1.87. The summed E-state index contributed by atoms with van der Waals surface area (Å²) >= 11 is 0. The van der Waals surface area contributed by atoms with Crippen molar-refractivity contribution in [1.29, 1.82) is 0 Å². The number of likely N-dealkylation sites (tertiary alicyclic amines) is 2. The third kappa shape index (κ3) is 4.57. The molecule has 0 aliphatic carbocycles. The minimum absolute atomic E-state index is 0.0240. The SMILES string of the molecule is CC(=O)N1CCC[C@@H](c2nc(-c3cncc([C@@](O)(c4ccc(C(C)C)cc4)C4(C)CN(C)C4)c3)no2)C1.